The van der Waals surface area contributed by atoms with Gasteiger partial charge in [-0.2, -0.15) is 0 Å². The van der Waals surface area contributed by atoms with Crippen LogP contribution in [0.3, 0.4) is 0 Å². The Kier molecular flexibility index (Phi) is 5.60. The van der Waals surface area contributed by atoms with E-state index < -0.39 is 7.26 Å². The van der Waals surface area contributed by atoms with Crippen molar-refractivity contribution in [3.63, 3.8) is 0 Å². The summed E-state index contributed by atoms with van der Waals surface area (Å²) in [6, 6.07) is 20.7. The molecule has 0 radical (unpaired) electrons. The number of hydrogen-bond acceptors (Lipinski definition) is 0. The summed E-state index contributed by atoms with van der Waals surface area (Å²) in [5.74, 6) is 3.28. The molecule has 0 heterocycles. The second-order valence-electron chi connectivity index (χ2n) is 4.39. The summed E-state index contributed by atoms with van der Waals surface area (Å²) in [6.07, 6.45) is 0. The van der Waals surface area contributed by atoms with Crippen LogP contribution < -0.4 is 22.3 Å². The standard InChI is InChI=1S/C16H16P.BrH/c1-17(2,16-11-7-4-8-12-16)14-13-15-9-5-3-6-10-15;/h3-12H,1-2H3;1H/q+1;/p-1. The Hall–Kier alpha value is -1.09. The summed E-state index contributed by atoms with van der Waals surface area (Å²) in [6.45, 7) is 4.52. The molecule has 18 heavy (non-hydrogen) atoms. The third kappa shape index (κ3) is 3.98. The van der Waals surface area contributed by atoms with Crippen molar-refractivity contribution in [1.82, 2.24) is 0 Å². The zero-order valence-corrected chi connectivity index (χ0v) is 13.1. The molecule has 0 N–H and O–H groups in total. The van der Waals surface area contributed by atoms with Gasteiger partial charge < -0.3 is 17.0 Å². The van der Waals surface area contributed by atoms with Crippen LogP contribution in [0.4, 0.5) is 0 Å². The highest BCUT2D eigenvalue weighted by Crippen LogP contribution is 2.48. The summed E-state index contributed by atoms with van der Waals surface area (Å²) in [5.41, 5.74) is 4.55. The Morgan fingerprint density at radius 1 is 0.778 bits per heavy atom. The van der Waals surface area contributed by atoms with E-state index in [1.807, 2.05) is 24.3 Å². The molecule has 2 rings (SSSR count). The van der Waals surface area contributed by atoms with Crippen LogP contribution in [-0.4, -0.2) is 13.3 Å². The molecule has 0 aliphatic carbocycles. The smallest absolute Gasteiger partial charge is 0.119 e. The van der Waals surface area contributed by atoms with E-state index in [-0.39, 0.29) is 17.0 Å². The Bertz CT molecular complexity index is 536. The fourth-order valence-electron chi connectivity index (χ4n) is 1.59. The van der Waals surface area contributed by atoms with Gasteiger partial charge in [0.25, 0.3) is 0 Å². The van der Waals surface area contributed by atoms with Crippen molar-refractivity contribution in [2.45, 2.75) is 0 Å². The molecule has 2 aromatic carbocycles. The van der Waals surface area contributed by atoms with Crippen molar-refractivity contribution in [3.8, 4) is 11.6 Å². The van der Waals surface area contributed by atoms with Crippen molar-refractivity contribution >= 4 is 12.6 Å². The number of hydrogen-bond donors (Lipinski definition) is 0. The van der Waals surface area contributed by atoms with Crippen molar-refractivity contribution in [1.29, 1.82) is 0 Å². The molecule has 0 bridgehead atoms. The molecule has 0 aliphatic rings. The van der Waals surface area contributed by atoms with Gasteiger partial charge in [0.1, 0.15) is 12.6 Å². The van der Waals surface area contributed by atoms with Gasteiger partial charge in [-0.05, 0) is 30.2 Å². The predicted molar refractivity (Wildman–Crippen MR) is 78.2 cm³/mol. The van der Waals surface area contributed by atoms with E-state index in [1.54, 1.807) is 0 Å². The lowest BCUT2D eigenvalue weighted by Gasteiger charge is -2.08. The Morgan fingerprint density at radius 2 is 1.28 bits per heavy atom. The number of halogens is 1. The van der Waals surface area contributed by atoms with Gasteiger partial charge in [-0.15, -0.1) is 0 Å². The highest BCUT2D eigenvalue weighted by atomic mass is 79.9. The van der Waals surface area contributed by atoms with Crippen LogP contribution in [0.5, 0.6) is 0 Å². The molecule has 2 aromatic rings. The molecule has 0 fully saturated rings. The monoisotopic (exact) mass is 318 g/mol. The second kappa shape index (κ2) is 6.74. The average molecular weight is 319 g/mol. The fraction of sp³-hybridized carbons (Fsp3) is 0.125. The van der Waals surface area contributed by atoms with Crippen molar-refractivity contribution < 1.29 is 17.0 Å². The molecule has 0 unspecified atom stereocenters. The molecule has 92 valence electrons. The lowest BCUT2D eigenvalue weighted by molar-refractivity contribution is -0.00000348. The van der Waals surface area contributed by atoms with E-state index in [9.17, 15) is 0 Å². The summed E-state index contributed by atoms with van der Waals surface area (Å²) in [5, 5.41) is 1.36. The third-order valence-corrected chi connectivity index (χ3v) is 4.92. The van der Waals surface area contributed by atoms with Gasteiger partial charge in [0.05, 0.1) is 19.0 Å². The summed E-state index contributed by atoms with van der Waals surface area (Å²) in [7, 11) is -1.32. The van der Waals surface area contributed by atoms with Gasteiger partial charge in [-0.3, -0.25) is 0 Å². The highest BCUT2D eigenvalue weighted by Gasteiger charge is 2.25. The lowest BCUT2D eigenvalue weighted by Crippen LogP contribution is -3.00. The zero-order chi connectivity index (χ0) is 12.1. The minimum atomic E-state index is -1.32. The van der Waals surface area contributed by atoms with Crippen LogP contribution in [0.15, 0.2) is 60.7 Å². The quantitative estimate of drug-likeness (QED) is 0.534. The Balaban J connectivity index is 0.00000162. The number of benzene rings is 2. The van der Waals surface area contributed by atoms with E-state index in [4.69, 9.17) is 0 Å². The first-order valence-electron chi connectivity index (χ1n) is 5.66. The SMILES string of the molecule is C[P+](C)(C#Cc1ccccc1)c1ccccc1.[Br-]. The molecule has 0 spiro atoms. The maximum atomic E-state index is 3.45. The van der Waals surface area contributed by atoms with Gasteiger partial charge in [0, 0.05) is 5.56 Å². The molecule has 2 heteroatoms. The Labute approximate surface area is 121 Å². The first kappa shape index (κ1) is 15.0. The van der Waals surface area contributed by atoms with Gasteiger partial charge in [0.2, 0.25) is 0 Å². The molecule has 0 aromatic heterocycles. The van der Waals surface area contributed by atoms with Crippen molar-refractivity contribution in [2.24, 2.45) is 0 Å². The fourth-order valence-corrected chi connectivity index (χ4v) is 3.05. The molecular formula is C16H16BrP. The van der Waals surface area contributed by atoms with Crippen LogP contribution in [0.2, 0.25) is 0 Å². The van der Waals surface area contributed by atoms with Crippen LogP contribution in [0.1, 0.15) is 5.56 Å². The van der Waals surface area contributed by atoms with Crippen molar-refractivity contribution in [3.05, 3.63) is 66.2 Å². The highest BCUT2D eigenvalue weighted by molar-refractivity contribution is 7.86. The molecule has 0 aliphatic heterocycles. The summed E-state index contributed by atoms with van der Waals surface area (Å²) >= 11 is 0. The van der Waals surface area contributed by atoms with E-state index in [2.05, 4.69) is 61.3 Å². The van der Waals surface area contributed by atoms with E-state index >= 15 is 0 Å². The van der Waals surface area contributed by atoms with Crippen molar-refractivity contribution in [2.75, 3.05) is 13.3 Å². The first-order valence-corrected chi connectivity index (χ1v) is 8.35. The molecule has 0 saturated heterocycles. The minimum Gasteiger partial charge on any atom is -1.00 e. The number of rotatable bonds is 1. The second-order valence-corrected chi connectivity index (χ2v) is 8.04. The average Bonchev–Trinajstić information content (AvgIpc) is 2.39. The third-order valence-electron chi connectivity index (χ3n) is 2.66. The van der Waals surface area contributed by atoms with E-state index in [0.717, 1.165) is 5.56 Å². The van der Waals surface area contributed by atoms with Gasteiger partial charge in [0.15, 0.2) is 0 Å². The van der Waals surface area contributed by atoms with Crippen LogP contribution in [0.25, 0.3) is 0 Å². The molecule has 0 amide bonds. The molecule has 0 nitrogen and oxygen atoms in total. The van der Waals surface area contributed by atoms with E-state index in [1.165, 1.54) is 5.30 Å². The van der Waals surface area contributed by atoms with E-state index in [0.29, 0.717) is 0 Å². The molecule has 0 saturated carbocycles. The topological polar surface area (TPSA) is 0 Å². The summed E-state index contributed by atoms with van der Waals surface area (Å²) < 4.78 is 0. The van der Waals surface area contributed by atoms with Crippen LogP contribution >= 0.6 is 7.26 Å². The normalized spacial score (nSPS) is 9.89. The minimum absolute atomic E-state index is 0. The maximum Gasteiger partial charge on any atom is 0.119 e. The largest absolute Gasteiger partial charge is 1.00 e. The maximum absolute atomic E-state index is 3.45. The van der Waals surface area contributed by atoms with Crippen LogP contribution in [-0.2, 0) is 0 Å². The van der Waals surface area contributed by atoms with Gasteiger partial charge in [-0.25, -0.2) is 0 Å². The van der Waals surface area contributed by atoms with Gasteiger partial charge in [-0.1, -0.05) is 36.4 Å². The Morgan fingerprint density at radius 3 is 1.83 bits per heavy atom. The predicted octanol–water partition coefficient (Wildman–Crippen LogP) is 0.602. The zero-order valence-electron chi connectivity index (χ0n) is 10.6. The first-order chi connectivity index (χ1) is 8.18. The molecular weight excluding hydrogens is 303 g/mol. The summed E-state index contributed by atoms with van der Waals surface area (Å²) in [4.78, 5) is 0. The lowest BCUT2D eigenvalue weighted by atomic mass is 10.2. The molecule has 0 atom stereocenters. The van der Waals surface area contributed by atoms with Gasteiger partial charge >= 0.3 is 0 Å². The van der Waals surface area contributed by atoms with Crippen LogP contribution in [0, 0.1) is 11.6 Å².